The smallest absolute Gasteiger partial charge is 0.326 e. The van der Waals surface area contributed by atoms with Crippen molar-refractivity contribution in [2.45, 2.75) is 39.2 Å². The van der Waals surface area contributed by atoms with Crippen LogP contribution in [-0.2, 0) is 20.8 Å². The van der Waals surface area contributed by atoms with E-state index in [1.807, 2.05) is 13.8 Å². The van der Waals surface area contributed by atoms with Gasteiger partial charge in [0.05, 0.1) is 13.7 Å². The molecule has 1 aromatic carbocycles. The summed E-state index contributed by atoms with van der Waals surface area (Å²) in [7, 11) is 1.37. The first-order valence-corrected chi connectivity index (χ1v) is 8.34. The first-order chi connectivity index (χ1) is 12.2. The van der Waals surface area contributed by atoms with Gasteiger partial charge in [0.1, 0.15) is 6.04 Å². The van der Waals surface area contributed by atoms with E-state index in [4.69, 9.17) is 9.84 Å². The first kappa shape index (κ1) is 21.4. The Hall–Kier alpha value is -2.64. The van der Waals surface area contributed by atoms with Crippen molar-refractivity contribution in [2.24, 2.45) is 5.92 Å². The normalized spacial score (nSPS) is 11.7. The lowest BCUT2D eigenvalue weighted by Crippen LogP contribution is -2.46. The fraction of sp³-hybridized carbons (Fsp3) is 0.500. The van der Waals surface area contributed by atoms with Gasteiger partial charge in [-0.25, -0.2) is 9.18 Å². The molecule has 0 aliphatic heterocycles. The van der Waals surface area contributed by atoms with Crippen molar-refractivity contribution in [3.63, 3.8) is 0 Å². The third-order valence-corrected chi connectivity index (χ3v) is 3.64. The van der Waals surface area contributed by atoms with Crippen molar-refractivity contribution in [1.82, 2.24) is 10.6 Å². The summed E-state index contributed by atoms with van der Waals surface area (Å²) >= 11 is 0. The summed E-state index contributed by atoms with van der Waals surface area (Å²) in [6, 6.07) is 3.45. The molecule has 144 valence electrons. The van der Waals surface area contributed by atoms with Crippen LogP contribution in [0.25, 0.3) is 0 Å². The van der Waals surface area contributed by atoms with E-state index >= 15 is 0 Å². The van der Waals surface area contributed by atoms with Crippen LogP contribution in [0.3, 0.4) is 0 Å². The van der Waals surface area contributed by atoms with Gasteiger partial charge in [0, 0.05) is 6.42 Å². The number of benzene rings is 1. The number of ether oxygens (including phenoxy) is 1. The Balaban J connectivity index is 2.40. The predicted molar refractivity (Wildman–Crippen MR) is 93.3 cm³/mol. The van der Waals surface area contributed by atoms with Crippen LogP contribution in [0.2, 0.25) is 0 Å². The van der Waals surface area contributed by atoms with Gasteiger partial charge in [-0.1, -0.05) is 19.9 Å². The lowest BCUT2D eigenvalue weighted by molar-refractivity contribution is -0.142. The first-order valence-electron chi connectivity index (χ1n) is 8.34. The highest BCUT2D eigenvalue weighted by Gasteiger charge is 2.21. The molecule has 3 N–H and O–H groups in total. The predicted octanol–water partition coefficient (Wildman–Crippen LogP) is 1.50. The summed E-state index contributed by atoms with van der Waals surface area (Å²) in [5.74, 6) is -2.33. The van der Waals surface area contributed by atoms with Crippen molar-refractivity contribution < 1.29 is 28.6 Å². The maximum absolute atomic E-state index is 13.6. The molecule has 0 saturated carbocycles. The largest absolute Gasteiger partial charge is 0.494 e. The minimum atomic E-state index is -1.11. The van der Waals surface area contributed by atoms with Gasteiger partial charge in [-0.15, -0.1) is 0 Å². The van der Waals surface area contributed by atoms with Crippen molar-refractivity contribution >= 4 is 17.8 Å². The molecule has 0 aromatic heterocycles. The van der Waals surface area contributed by atoms with Crippen LogP contribution < -0.4 is 15.4 Å². The van der Waals surface area contributed by atoms with Crippen LogP contribution in [-0.4, -0.2) is 42.6 Å². The summed E-state index contributed by atoms with van der Waals surface area (Å²) < 4.78 is 18.4. The van der Waals surface area contributed by atoms with Crippen LogP contribution in [0, 0.1) is 11.7 Å². The third-order valence-electron chi connectivity index (χ3n) is 3.64. The van der Waals surface area contributed by atoms with Crippen LogP contribution in [0.4, 0.5) is 4.39 Å². The molecular formula is C18H25FN2O5. The number of amides is 2. The molecule has 1 rings (SSSR count). The molecule has 8 heteroatoms. The maximum atomic E-state index is 13.6. The number of carbonyl (C=O) groups excluding carboxylic acids is 2. The molecule has 26 heavy (non-hydrogen) atoms. The van der Waals surface area contributed by atoms with Gasteiger partial charge >= 0.3 is 5.97 Å². The Morgan fingerprint density at radius 2 is 1.92 bits per heavy atom. The second-order valence-corrected chi connectivity index (χ2v) is 6.33. The number of carboxylic acid groups (broad SMARTS) is 1. The monoisotopic (exact) mass is 368 g/mol. The molecule has 0 spiro atoms. The number of rotatable bonds is 10. The van der Waals surface area contributed by atoms with Crippen LogP contribution in [0.15, 0.2) is 18.2 Å². The zero-order chi connectivity index (χ0) is 19.7. The topological polar surface area (TPSA) is 105 Å². The van der Waals surface area contributed by atoms with E-state index in [-0.39, 0.29) is 30.5 Å². The molecule has 1 aromatic rings. The Labute approximate surface area is 151 Å². The van der Waals surface area contributed by atoms with E-state index in [9.17, 15) is 18.8 Å². The number of halogens is 1. The number of carboxylic acids is 1. The molecule has 0 bridgehead atoms. The number of nitrogens with one attached hydrogen (secondary N) is 2. The van der Waals surface area contributed by atoms with Gasteiger partial charge in [-0.05, 0) is 36.5 Å². The highest BCUT2D eigenvalue weighted by Crippen LogP contribution is 2.18. The summed E-state index contributed by atoms with van der Waals surface area (Å²) in [5, 5.41) is 13.9. The van der Waals surface area contributed by atoms with Gasteiger partial charge in [-0.2, -0.15) is 0 Å². The van der Waals surface area contributed by atoms with Gasteiger partial charge < -0.3 is 20.5 Å². The average Bonchev–Trinajstić information content (AvgIpc) is 2.57. The lowest BCUT2D eigenvalue weighted by atomic mass is 10.0. The highest BCUT2D eigenvalue weighted by molar-refractivity contribution is 5.87. The highest BCUT2D eigenvalue weighted by atomic mass is 19.1. The molecular weight excluding hydrogens is 343 g/mol. The van der Waals surface area contributed by atoms with Crippen molar-refractivity contribution in [3.8, 4) is 5.75 Å². The summed E-state index contributed by atoms with van der Waals surface area (Å²) in [6.07, 6.45) is 0.685. The number of aliphatic carboxylic acids is 1. The van der Waals surface area contributed by atoms with E-state index in [1.165, 1.54) is 19.2 Å². The Morgan fingerprint density at radius 3 is 2.46 bits per heavy atom. The molecule has 2 amide bonds. The Bertz CT molecular complexity index is 648. The minimum absolute atomic E-state index is 0.0768. The van der Waals surface area contributed by atoms with E-state index in [0.29, 0.717) is 18.4 Å². The fourth-order valence-electron chi connectivity index (χ4n) is 2.33. The zero-order valence-electron chi connectivity index (χ0n) is 15.2. The van der Waals surface area contributed by atoms with E-state index in [1.54, 1.807) is 6.07 Å². The van der Waals surface area contributed by atoms with Gasteiger partial charge in [0.25, 0.3) is 0 Å². The fourth-order valence-corrected chi connectivity index (χ4v) is 2.33. The van der Waals surface area contributed by atoms with E-state index < -0.39 is 23.7 Å². The Kier molecular flexibility index (Phi) is 8.54. The molecule has 0 aliphatic carbocycles. The number of carbonyl (C=O) groups is 3. The van der Waals surface area contributed by atoms with Gasteiger partial charge in [0.15, 0.2) is 11.6 Å². The third kappa shape index (κ3) is 7.50. The lowest BCUT2D eigenvalue weighted by Gasteiger charge is -2.16. The number of methoxy groups -OCH3 is 1. The molecule has 0 fully saturated rings. The molecule has 7 nitrogen and oxygen atoms in total. The second-order valence-electron chi connectivity index (χ2n) is 6.33. The van der Waals surface area contributed by atoms with Crippen molar-refractivity contribution in [1.29, 1.82) is 0 Å². The second kappa shape index (κ2) is 10.4. The van der Waals surface area contributed by atoms with E-state index in [0.717, 1.165) is 0 Å². The van der Waals surface area contributed by atoms with Gasteiger partial charge in [-0.3, -0.25) is 9.59 Å². The molecule has 0 aliphatic rings. The molecule has 1 atom stereocenters. The SMILES string of the molecule is COc1ccc(CCC(=O)NCC(=O)N[C@@H](CC(C)C)C(=O)O)cc1F. The minimum Gasteiger partial charge on any atom is -0.494 e. The van der Waals surface area contributed by atoms with Crippen LogP contribution in [0.1, 0.15) is 32.3 Å². The van der Waals surface area contributed by atoms with Crippen molar-refractivity contribution in [2.75, 3.05) is 13.7 Å². The Morgan fingerprint density at radius 1 is 1.23 bits per heavy atom. The standard InChI is InChI=1S/C18H25FN2O5/c1-11(2)8-14(18(24)25)21-17(23)10-20-16(22)7-5-12-4-6-15(26-3)13(19)9-12/h4,6,9,11,14H,5,7-8,10H2,1-3H3,(H,20,22)(H,21,23)(H,24,25)/t14-/m0/s1. The molecule has 0 saturated heterocycles. The number of aryl methyl sites for hydroxylation is 1. The average molecular weight is 368 g/mol. The molecule has 0 radical (unpaired) electrons. The summed E-state index contributed by atoms with van der Waals surface area (Å²) in [6.45, 7) is 3.40. The molecule has 0 heterocycles. The summed E-state index contributed by atoms with van der Waals surface area (Å²) in [5.41, 5.74) is 0.630. The van der Waals surface area contributed by atoms with Crippen molar-refractivity contribution in [3.05, 3.63) is 29.6 Å². The van der Waals surface area contributed by atoms with Crippen LogP contribution >= 0.6 is 0 Å². The number of hydrogen-bond donors (Lipinski definition) is 3. The summed E-state index contributed by atoms with van der Waals surface area (Å²) in [4.78, 5) is 34.7. The number of hydrogen-bond acceptors (Lipinski definition) is 4. The zero-order valence-corrected chi connectivity index (χ0v) is 15.2. The van der Waals surface area contributed by atoms with E-state index in [2.05, 4.69) is 10.6 Å². The van der Waals surface area contributed by atoms with Gasteiger partial charge in [0.2, 0.25) is 11.8 Å². The maximum Gasteiger partial charge on any atom is 0.326 e. The van der Waals surface area contributed by atoms with Crippen LogP contribution in [0.5, 0.6) is 5.75 Å². The molecule has 0 unspecified atom stereocenters. The quantitative estimate of drug-likeness (QED) is 0.580.